The molecule has 1 heterocycles. The molecule has 6 nitrogen and oxygen atoms in total. The van der Waals surface area contributed by atoms with E-state index in [2.05, 4.69) is 4.98 Å². The highest BCUT2D eigenvalue weighted by molar-refractivity contribution is 7.16. The van der Waals surface area contributed by atoms with Gasteiger partial charge in [-0.2, -0.15) is 0 Å². The van der Waals surface area contributed by atoms with Crippen LogP contribution < -0.4 is 0 Å². The van der Waals surface area contributed by atoms with Gasteiger partial charge in [0.2, 0.25) is 5.01 Å². The second-order valence-electron chi connectivity index (χ2n) is 1.57. The molecule has 0 aromatic carbocycles. The summed E-state index contributed by atoms with van der Waals surface area (Å²) >= 11 is 0.539. The van der Waals surface area contributed by atoms with Crippen LogP contribution in [0.4, 0.5) is 5.00 Å². The summed E-state index contributed by atoms with van der Waals surface area (Å²) in [6.45, 7) is 0. The zero-order valence-corrected chi connectivity index (χ0v) is 7.09. The zero-order chi connectivity index (χ0) is 8.43. The van der Waals surface area contributed by atoms with E-state index in [1.807, 2.05) is 0 Å². The minimum absolute atomic E-state index is 0. The van der Waals surface area contributed by atoms with Crippen LogP contribution in [0.1, 0.15) is 9.80 Å². The number of hydrogen-bond donors (Lipinski definition) is 1. The fraction of sp³-hybridized carbons (Fsp3) is 0. The number of thiazole rings is 1. The number of nitro groups is 1. The number of aromatic nitrogens is 1. The fourth-order valence-corrected chi connectivity index (χ4v) is 1.02. The van der Waals surface area contributed by atoms with Crippen molar-refractivity contribution in [2.75, 3.05) is 0 Å². The number of halogens is 1. The van der Waals surface area contributed by atoms with Crippen molar-refractivity contribution < 1.29 is 14.8 Å². The molecule has 1 aromatic heterocycles. The molecule has 0 fully saturated rings. The number of carboxylic acids is 1. The summed E-state index contributed by atoms with van der Waals surface area (Å²) in [6, 6.07) is 0. The van der Waals surface area contributed by atoms with Crippen LogP contribution in [0.5, 0.6) is 0 Å². The summed E-state index contributed by atoms with van der Waals surface area (Å²) in [4.78, 5) is 22.8. The van der Waals surface area contributed by atoms with Gasteiger partial charge in [-0.25, -0.2) is 9.78 Å². The maximum Gasteiger partial charge on any atom is 0.365 e. The molecule has 0 saturated carbocycles. The SMILES string of the molecule is Cl.O=C(O)c1ncc([N+](=O)[O-])s1. The number of nitrogens with zero attached hydrogens (tertiary/aromatic N) is 2. The molecule has 0 amide bonds. The molecular weight excluding hydrogens is 208 g/mol. The summed E-state index contributed by atoms with van der Waals surface area (Å²) < 4.78 is 0. The first-order valence-corrected chi connectivity index (χ1v) is 3.26. The minimum atomic E-state index is -1.25. The predicted octanol–water partition coefficient (Wildman–Crippen LogP) is 1.17. The van der Waals surface area contributed by atoms with Gasteiger partial charge in [0.05, 0.1) is 4.92 Å². The van der Waals surface area contributed by atoms with Crippen molar-refractivity contribution in [3.05, 3.63) is 21.3 Å². The van der Waals surface area contributed by atoms with E-state index < -0.39 is 10.9 Å². The highest BCUT2D eigenvalue weighted by Gasteiger charge is 2.15. The van der Waals surface area contributed by atoms with Crippen molar-refractivity contribution in [2.45, 2.75) is 0 Å². The molecule has 0 unspecified atom stereocenters. The number of carbonyl (C=O) groups is 1. The summed E-state index contributed by atoms with van der Waals surface area (Å²) in [5.41, 5.74) is 0. The summed E-state index contributed by atoms with van der Waals surface area (Å²) in [5.74, 6) is -1.25. The molecule has 1 N–H and O–H groups in total. The number of hydrogen-bond acceptors (Lipinski definition) is 5. The molecule has 0 aliphatic rings. The summed E-state index contributed by atoms with van der Waals surface area (Å²) in [6.07, 6.45) is 0.925. The fourth-order valence-electron chi connectivity index (χ4n) is 0.449. The Morgan fingerprint density at radius 2 is 2.33 bits per heavy atom. The smallest absolute Gasteiger partial charge is 0.365 e. The normalized spacial score (nSPS) is 8.67. The van der Waals surface area contributed by atoms with Crippen molar-refractivity contribution in [3.63, 3.8) is 0 Å². The molecule has 66 valence electrons. The first-order chi connectivity index (χ1) is 5.11. The number of carboxylic acid groups (broad SMARTS) is 1. The Morgan fingerprint density at radius 1 is 1.75 bits per heavy atom. The Hall–Kier alpha value is -1.21. The molecule has 0 spiro atoms. The molecule has 0 atom stereocenters. The molecule has 0 aliphatic heterocycles. The lowest BCUT2D eigenvalue weighted by Gasteiger charge is -1.79. The van der Waals surface area contributed by atoms with Gasteiger partial charge in [0, 0.05) is 0 Å². The topological polar surface area (TPSA) is 93.3 Å². The highest BCUT2D eigenvalue weighted by Crippen LogP contribution is 2.20. The molecular formula is C4H3ClN2O4S. The second-order valence-corrected chi connectivity index (χ2v) is 2.58. The lowest BCUT2D eigenvalue weighted by molar-refractivity contribution is -0.380. The lowest BCUT2D eigenvalue weighted by Crippen LogP contribution is -1.92. The molecule has 0 bridgehead atoms. The average molecular weight is 211 g/mol. The molecule has 12 heavy (non-hydrogen) atoms. The van der Waals surface area contributed by atoms with Crippen LogP contribution in [0.15, 0.2) is 6.20 Å². The van der Waals surface area contributed by atoms with E-state index in [1.165, 1.54) is 0 Å². The van der Waals surface area contributed by atoms with Gasteiger partial charge in [-0.15, -0.1) is 12.4 Å². The molecule has 8 heteroatoms. The van der Waals surface area contributed by atoms with Gasteiger partial charge in [-0.05, 0) is 11.3 Å². The molecule has 1 aromatic rings. The molecule has 0 radical (unpaired) electrons. The van der Waals surface area contributed by atoms with Crippen molar-refractivity contribution in [3.8, 4) is 0 Å². The van der Waals surface area contributed by atoms with Crippen molar-refractivity contribution >= 4 is 34.7 Å². The van der Waals surface area contributed by atoms with E-state index in [0.717, 1.165) is 6.20 Å². The maximum absolute atomic E-state index is 10.2. The molecule has 0 saturated heterocycles. The van der Waals surface area contributed by atoms with E-state index in [9.17, 15) is 14.9 Å². The van der Waals surface area contributed by atoms with E-state index in [0.29, 0.717) is 11.3 Å². The van der Waals surface area contributed by atoms with Crippen LogP contribution in [0.25, 0.3) is 0 Å². The zero-order valence-electron chi connectivity index (χ0n) is 5.46. The van der Waals surface area contributed by atoms with Gasteiger partial charge < -0.3 is 5.11 Å². The van der Waals surface area contributed by atoms with Gasteiger partial charge in [0.1, 0.15) is 6.20 Å². The van der Waals surface area contributed by atoms with E-state index in [4.69, 9.17) is 5.11 Å². The van der Waals surface area contributed by atoms with Gasteiger partial charge in [0.25, 0.3) is 0 Å². The molecule has 0 aliphatic carbocycles. The van der Waals surface area contributed by atoms with Gasteiger partial charge >= 0.3 is 11.0 Å². The second kappa shape index (κ2) is 3.98. The Bertz CT molecular complexity index is 283. The van der Waals surface area contributed by atoms with E-state index >= 15 is 0 Å². The van der Waals surface area contributed by atoms with Crippen molar-refractivity contribution in [1.29, 1.82) is 0 Å². The Balaban J connectivity index is 0.00000121. The molecule has 1 rings (SSSR count). The Morgan fingerprint density at radius 3 is 2.58 bits per heavy atom. The highest BCUT2D eigenvalue weighted by atomic mass is 35.5. The average Bonchev–Trinajstić information content (AvgIpc) is 2.33. The standard InChI is InChI=1S/C4H2N2O4S.ClH/c7-4(8)3-5-1-2(11-3)6(9)10;/h1H,(H,7,8);1H. The maximum atomic E-state index is 10.2. The first kappa shape index (κ1) is 10.8. The van der Waals surface area contributed by atoms with Crippen LogP contribution in [0.2, 0.25) is 0 Å². The summed E-state index contributed by atoms with van der Waals surface area (Å²) in [7, 11) is 0. The van der Waals surface area contributed by atoms with E-state index in [-0.39, 0.29) is 22.4 Å². The number of rotatable bonds is 2. The summed E-state index contributed by atoms with van der Waals surface area (Å²) in [5, 5.41) is 17.8. The van der Waals surface area contributed by atoms with Gasteiger partial charge in [-0.3, -0.25) is 10.1 Å². The van der Waals surface area contributed by atoms with Crippen molar-refractivity contribution in [2.24, 2.45) is 0 Å². The minimum Gasteiger partial charge on any atom is -0.476 e. The Kier molecular flexibility index (Phi) is 3.58. The predicted molar refractivity (Wildman–Crippen MR) is 43.0 cm³/mol. The monoisotopic (exact) mass is 210 g/mol. The third-order valence-corrected chi connectivity index (χ3v) is 1.79. The lowest BCUT2D eigenvalue weighted by atomic mass is 10.7. The Labute approximate surface area is 76.4 Å². The third-order valence-electron chi connectivity index (χ3n) is 0.856. The first-order valence-electron chi connectivity index (χ1n) is 2.45. The van der Waals surface area contributed by atoms with Crippen molar-refractivity contribution in [1.82, 2.24) is 4.98 Å². The van der Waals surface area contributed by atoms with Crippen LogP contribution in [-0.2, 0) is 0 Å². The van der Waals surface area contributed by atoms with Gasteiger partial charge in [-0.1, -0.05) is 0 Å². The van der Waals surface area contributed by atoms with Crippen LogP contribution in [0.3, 0.4) is 0 Å². The largest absolute Gasteiger partial charge is 0.476 e. The van der Waals surface area contributed by atoms with Gasteiger partial charge in [0.15, 0.2) is 0 Å². The van der Waals surface area contributed by atoms with Crippen LogP contribution >= 0.6 is 23.7 Å². The third kappa shape index (κ3) is 2.14. The quantitative estimate of drug-likeness (QED) is 0.584. The number of aromatic carboxylic acids is 1. The van der Waals surface area contributed by atoms with Crippen LogP contribution in [-0.4, -0.2) is 21.0 Å². The van der Waals surface area contributed by atoms with E-state index in [1.54, 1.807) is 0 Å². The van der Waals surface area contributed by atoms with Crippen LogP contribution in [0, 0.1) is 10.1 Å².